The zero-order valence-corrected chi connectivity index (χ0v) is 13.2. The Morgan fingerprint density at radius 3 is 3.05 bits per heavy atom. The van der Waals surface area contributed by atoms with E-state index >= 15 is 0 Å². The van der Waals surface area contributed by atoms with Gasteiger partial charge in [-0.05, 0) is 35.6 Å². The van der Waals surface area contributed by atoms with E-state index in [1.807, 2.05) is 12.1 Å². The van der Waals surface area contributed by atoms with Crippen LogP contribution in [0.25, 0.3) is 10.2 Å². The number of nitrogens with one attached hydrogen (secondary N) is 1. The van der Waals surface area contributed by atoms with E-state index in [1.54, 1.807) is 17.5 Å². The minimum absolute atomic E-state index is 0.133. The summed E-state index contributed by atoms with van der Waals surface area (Å²) >= 11 is 3.05. The number of carbonyl (C=O) groups is 1. The minimum Gasteiger partial charge on any atom is -0.396 e. The smallest absolute Gasteiger partial charge is 0.263 e. The molecule has 0 spiro atoms. The molecule has 0 saturated carbocycles. The van der Waals surface area contributed by atoms with Gasteiger partial charge >= 0.3 is 0 Å². The number of aromatic nitrogens is 1. The van der Waals surface area contributed by atoms with Crippen LogP contribution in [0.2, 0.25) is 0 Å². The van der Waals surface area contributed by atoms with E-state index in [-0.39, 0.29) is 5.91 Å². The molecule has 3 heterocycles. The maximum atomic E-state index is 12.3. The first-order chi connectivity index (χ1) is 10.2. The average molecular weight is 317 g/mol. The number of nitrogen functional groups attached to an aromatic ring is 1. The van der Waals surface area contributed by atoms with E-state index in [0.29, 0.717) is 22.6 Å². The highest BCUT2D eigenvalue weighted by molar-refractivity contribution is 7.21. The molecule has 0 aliphatic heterocycles. The summed E-state index contributed by atoms with van der Waals surface area (Å²) in [6.45, 7) is 2.66. The number of carbonyl (C=O) groups excluding carboxylic acids is 1. The van der Waals surface area contributed by atoms with Gasteiger partial charge in [0.2, 0.25) is 0 Å². The van der Waals surface area contributed by atoms with Gasteiger partial charge in [0.25, 0.3) is 5.91 Å². The van der Waals surface area contributed by atoms with Crippen molar-refractivity contribution in [2.45, 2.75) is 19.9 Å². The number of pyridine rings is 1. The molecule has 6 heteroatoms. The zero-order chi connectivity index (χ0) is 14.8. The van der Waals surface area contributed by atoms with Crippen LogP contribution in [0, 0.1) is 0 Å². The Hall–Kier alpha value is -1.92. The van der Waals surface area contributed by atoms with Crippen molar-refractivity contribution in [3.63, 3.8) is 0 Å². The molecule has 3 aromatic rings. The van der Waals surface area contributed by atoms with Gasteiger partial charge in [0.15, 0.2) is 0 Å². The summed E-state index contributed by atoms with van der Waals surface area (Å²) in [5, 5.41) is 5.01. The van der Waals surface area contributed by atoms with Crippen LogP contribution in [0.15, 0.2) is 29.8 Å². The fourth-order valence-electron chi connectivity index (χ4n) is 2.19. The number of rotatable bonds is 4. The lowest BCUT2D eigenvalue weighted by molar-refractivity contribution is 0.0956. The standard InChI is InChI=1S/C15H15N3OS2/c1-2-9-5-7-20-11(9)8-18-15(19)14-12(16)13-10(21-14)4-3-6-17-13/h3-7H,2,8,16H2,1H3,(H,18,19). The van der Waals surface area contributed by atoms with Crippen molar-refractivity contribution in [2.24, 2.45) is 0 Å². The Balaban J connectivity index is 1.80. The normalized spacial score (nSPS) is 10.9. The molecule has 0 radical (unpaired) electrons. The molecule has 0 aliphatic rings. The van der Waals surface area contributed by atoms with Crippen molar-refractivity contribution in [1.29, 1.82) is 0 Å². The number of nitrogens with zero attached hydrogens (tertiary/aromatic N) is 1. The molecule has 108 valence electrons. The van der Waals surface area contributed by atoms with Crippen molar-refractivity contribution in [2.75, 3.05) is 5.73 Å². The first kappa shape index (κ1) is 14.0. The van der Waals surface area contributed by atoms with Gasteiger partial charge in [-0.2, -0.15) is 0 Å². The average Bonchev–Trinajstić information content (AvgIpc) is 3.09. The van der Waals surface area contributed by atoms with Crippen LogP contribution < -0.4 is 11.1 Å². The summed E-state index contributed by atoms with van der Waals surface area (Å²) in [5.74, 6) is -0.133. The summed E-state index contributed by atoms with van der Waals surface area (Å²) in [4.78, 5) is 18.3. The Morgan fingerprint density at radius 1 is 1.43 bits per heavy atom. The first-order valence-electron chi connectivity index (χ1n) is 6.67. The van der Waals surface area contributed by atoms with Crippen molar-refractivity contribution in [3.05, 3.63) is 45.1 Å². The van der Waals surface area contributed by atoms with Crippen LogP contribution in [-0.2, 0) is 13.0 Å². The van der Waals surface area contributed by atoms with Crippen LogP contribution in [0.4, 0.5) is 5.69 Å². The highest BCUT2D eigenvalue weighted by Gasteiger charge is 2.17. The molecule has 3 rings (SSSR count). The SMILES string of the molecule is CCc1ccsc1CNC(=O)c1sc2cccnc2c1N. The predicted molar refractivity (Wildman–Crippen MR) is 88.9 cm³/mol. The lowest BCUT2D eigenvalue weighted by atomic mass is 10.2. The second kappa shape index (κ2) is 5.83. The van der Waals surface area contributed by atoms with Crippen LogP contribution in [0.5, 0.6) is 0 Å². The predicted octanol–water partition coefficient (Wildman–Crippen LogP) is 3.43. The number of thiophene rings is 2. The van der Waals surface area contributed by atoms with Crippen LogP contribution in [-0.4, -0.2) is 10.9 Å². The maximum absolute atomic E-state index is 12.3. The van der Waals surface area contributed by atoms with Gasteiger partial charge in [0.1, 0.15) is 10.4 Å². The topological polar surface area (TPSA) is 68.0 Å². The molecule has 4 nitrogen and oxygen atoms in total. The summed E-state index contributed by atoms with van der Waals surface area (Å²) in [5.41, 5.74) is 8.49. The molecule has 0 fully saturated rings. The fourth-order valence-corrected chi connectivity index (χ4v) is 4.11. The van der Waals surface area contributed by atoms with E-state index in [4.69, 9.17) is 5.73 Å². The number of amides is 1. The molecule has 0 aromatic carbocycles. The second-order valence-corrected chi connectivity index (χ2v) is 6.65. The van der Waals surface area contributed by atoms with E-state index in [1.165, 1.54) is 21.8 Å². The van der Waals surface area contributed by atoms with Crippen molar-refractivity contribution in [3.8, 4) is 0 Å². The lowest BCUT2D eigenvalue weighted by Crippen LogP contribution is -2.22. The molecular weight excluding hydrogens is 302 g/mol. The van der Waals surface area contributed by atoms with Gasteiger partial charge < -0.3 is 11.1 Å². The summed E-state index contributed by atoms with van der Waals surface area (Å²) in [6.07, 6.45) is 2.66. The van der Waals surface area contributed by atoms with Gasteiger partial charge in [0, 0.05) is 11.1 Å². The van der Waals surface area contributed by atoms with E-state index in [2.05, 4.69) is 28.7 Å². The number of hydrogen-bond donors (Lipinski definition) is 2. The number of nitrogens with two attached hydrogens (primary N) is 1. The number of fused-ring (bicyclic) bond motifs is 1. The maximum Gasteiger partial charge on any atom is 0.263 e. The van der Waals surface area contributed by atoms with Gasteiger partial charge in [-0.25, -0.2) is 0 Å². The lowest BCUT2D eigenvalue weighted by Gasteiger charge is -2.04. The van der Waals surface area contributed by atoms with Crippen LogP contribution in [0.1, 0.15) is 27.0 Å². The molecule has 0 saturated heterocycles. The fraction of sp³-hybridized carbons (Fsp3) is 0.200. The summed E-state index contributed by atoms with van der Waals surface area (Å²) in [7, 11) is 0. The molecule has 0 atom stereocenters. The molecule has 0 bridgehead atoms. The van der Waals surface area contributed by atoms with Crippen molar-refractivity contribution < 1.29 is 4.79 Å². The molecule has 1 amide bonds. The summed E-state index contributed by atoms with van der Waals surface area (Å²) < 4.78 is 0.936. The molecule has 0 unspecified atom stereocenters. The largest absolute Gasteiger partial charge is 0.396 e. The Labute approximate surface area is 130 Å². The van der Waals surface area contributed by atoms with Gasteiger partial charge in [-0.1, -0.05) is 6.92 Å². The molecular formula is C15H15N3OS2. The van der Waals surface area contributed by atoms with Crippen molar-refractivity contribution in [1.82, 2.24) is 10.3 Å². The number of anilines is 1. The zero-order valence-electron chi connectivity index (χ0n) is 11.6. The third-order valence-electron chi connectivity index (χ3n) is 3.32. The third-order valence-corrected chi connectivity index (χ3v) is 5.44. The monoisotopic (exact) mass is 317 g/mol. The number of hydrogen-bond acceptors (Lipinski definition) is 5. The van der Waals surface area contributed by atoms with Gasteiger partial charge in [-0.3, -0.25) is 9.78 Å². The second-order valence-electron chi connectivity index (χ2n) is 4.60. The first-order valence-corrected chi connectivity index (χ1v) is 8.36. The van der Waals surface area contributed by atoms with Crippen LogP contribution in [0.3, 0.4) is 0 Å². The van der Waals surface area contributed by atoms with E-state index in [9.17, 15) is 4.79 Å². The van der Waals surface area contributed by atoms with Gasteiger partial charge in [-0.15, -0.1) is 22.7 Å². The van der Waals surface area contributed by atoms with Gasteiger partial charge in [0.05, 0.1) is 16.9 Å². The third kappa shape index (κ3) is 2.64. The Bertz CT molecular complexity index is 791. The summed E-state index contributed by atoms with van der Waals surface area (Å²) in [6, 6.07) is 5.87. The Morgan fingerprint density at radius 2 is 2.29 bits per heavy atom. The highest BCUT2D eigenvalue weighted by atomic mass is 32.1. The molecule has 3 N–H and O–H groups in total. The molecule has 3 aromatic heterocycles. The molecule has 21 heavy (non-hydrogen) atoms. The highest BCUT2D eigenvalue weighted by Crippen LogP contribution is 2.31. The van der Waals surface area contributed by atoms with E-state index < -0.39 is 0 Å². The number of aryl methyl sites for hydroxylation is 1. The quantitative estimate of drug-likeness (QED) is 0.774. The van der Waals surface area contributed by atoms with E-state index in [0.717, 1.165) is 11.1 Å². The Kier molecular flexibility index (Phi) is 3.90. The van der Waals surface area contributed by atoms with Crippen molar-refractivity contribution >= 4 is 44.5 Å². The molecule has 0 aliphatic carbocycles. The van der Waals surface area contributed by atoms with Crippen LogP contribution >= 0.6 is 22.7 Å². The minimum atomic E-state index is -0.133.